The molecule has 4 N–H and O–H groups in total. The highest BCUT2D eigenvalue weighted by atomic mass is 16.1. The summed E-state index contributed by atoms with van der Waals surface area (Å²) in [5, 5.41) is 0. The number of hydrogen-bond donors (Lipinski definition) is 2. The van der Waals surface area contributed by atoms with Crippen LogP contribution < -0.4 is 16.4 Å². The van der Waals surface area contributed by atoms with Crippen LogP contribution in [0.5, 0.6) is 0 Å². The molecule has 1 aromatic carbocycles. The zero-order valence-corrected chi connectivity index (χ0v) is 10.8. The molecule has 0 bridgehead atoms. The highest BCUT2D eigenvalue weighted by Crippen LogP contribution is 2.29. The minimum Gasteiger partial charge on any atom is -0.368 e. The Morgan fingerprint density at radius 2 is 2.11 bits per heavy atom. The van der Waals surface area contributed by atoms with Crippen molar-refractivity contribution in [2.75, 3.05) is 18.0 Å². The molecule has 18 heavy (non-hydrogen) atoms. The fourth-order valence-electron chi connectivity index (χ4n) is 2.64. The number of carbonyl (C=O) groups excluding carboxylic acids is 1. The maximum Gasteiger partial charge on any atom is 0.250 e. The van der Waals surface area contributed by atoms with E-state index < -0.39 is 0 Å². The molecule has 1 aliphatic heterocycles. The minimum atomic E-state index is -0.368. The van der Waals surface area contributed by atoms with Crippen molar-refractivity contribution >= 4 is 11.6 Å². The number of carbonyl (C=O) groups is 1. The van der Waals surface area contributed by atoms with Crippen LogP contribution >= 0.6 is 0 Å². The SMILES string of the molecule is CC1CCC(CN)CN1c1ccccc1C(N)=O. The predicted octanol–water partition coefficient (Wildman–Crippen LogP) is 1.35. The number of anilines is 1. The summed E-state index contributed by atoms with van der Waals surface area (Å²) in [7, 11) is 0. The van der Waals surface area contributed by atoms with Crippen LogP contribution in [0.4, 0.5) is 5.69 Å². The van der Waals surface area contributed by atoms with Gasteiger partial charge >= 0.3 is 0 Å². The lowest BCUT2D eigenvalue weighted by molar-refractivity contribution is 0.100. The van der Waals surface area contributed by atoms with Gasteiger partial charge in [-0.1, -0.05) is 12.1 Å². The maximum absolute atomic E-state index is 11.5. The van der Waals surface area contributed by atoms with E-state index in [1.54, 1.807) is 6.07 Å². The van der Waals surface area contributed by atoms with Gasteiger partial charge in [0, 0.05) is 18.3 Å². The lowest BCUT2D eigenvalue weighted by Gasteiger charge is -2.40. The highest BCUT2D eigenvalue weighted by molar-refractivity contribution is 5.98. The van der Waals surface area contributed by atoms with E-state index in [0.29, 0.717) is 24.1 Å². The van der Waals surface area contributed by atoms with Crippen LogP contribution in [-0.2, 0) is 0 Å². The predicted molar refractivity (Wildman–Crippen MR) is 73.5 cm³/mol. The fourth-order valence-corrected chi connectivity index (χ4v) is 2.64. The Hall–Kier alpha value is -1.55. The Labute approximate surface area is 108 Å². The van der Waals surface area contributed by atoms with Crippen LogP contribution in [0.1, 0.15) is 30.1 Å². The van der Waals surface area contributed by atoms with Gasteiger partial charge in [-0.3, -0.25) is 4.79 Å². The van der Waals surface area contributed by atoms with E-state index in [0.717, 1.165) is 25.1 Å². The number of rotatable bonds is 3. The Bertz CT molecular complexity index is 433. The summed E-state index contributed by atoms with van der Waals surface area (Å²) < 4.78 is 0. The normalized spacial score (nSPS) is 24.0. The molecule has 2 rings (SSSR count). The van der Waals surface area contributed by atoms with Crippen molar-refractivity contribution in [3.05, 3.63) is 29.8 Å². The van der Waals surface area contributed by atoms with Crippen molar-refractivity contribution in [1.29, 1.82) is 0 Å². The first-order chi connectivity index (χ1) is 8.63. The zero-order chi connectivity index (χ0) is 13.1. The molecule has 1 aliphatic rings. The fraction of sp³-hybridized carbons (Fsp3) is 0.500. The van der Waals surface area contributed by atoms with Crippen molar-refractivity contribution in [2.45, 2.75) is 25.8 Å². The molecule has 2 atom stereocenters. The molecule has 2 unspecified atom stereocenters. The van der Waals surface area contributed by atoms with E-state index in [9.17, 15) is 4.79 Å². The van der Waals surface area contributed by atoms with Gasteiger partial charge in [0.2, 0.25) is 0 Å². The molecule has 0 spiro atoms. The molecule has 1 saturated heterocycles. The van der Waals surface area contributed by atoms with E-state index in [-0.39, 0.29) is 5.91 Å². The van der Waals surface area contributed by atoms with Gasteiger partial charge in [0.05, 0.1) is 5.56 Å². The first-order valence-electron chi connectivity index (χ1n) is 6.49. The van der Waals surface area contributed by atoms with Crippen molar-refractivity contribution in [3.63, 3.8) is 0 Å². The Morgan fingerprint density at radius 1 is 1.39 bits per heavy atom. The molecule has 0 aliphatic carbocycles. The topological polar surface area (TPSA) is 72.3 Å². The Balaban J connectivity index is 2.31. The first-order valence-corrected chi connectivity index (χ1v) is 6.49. The Morgan fingerprint density at radius 3 is 2.78 bits per heavy atom. The summed E-state index contributed by atoms with van der Waals surface area (Å²) >= 11 is 0. The van der Waals surface area contributed by atoms with Gasteiger partial charge < -0.3 is 16.4 Å². The van der Waals surface area contributed by atoms with Gasteiger partial charge in [-0.25, -0.2) is 0 Å². The smallest absolute Gasteiger partial charge is 0.250 e. The number of nitrogens with zero attached hydrogens (tertiary/aromatic N) is 1. The van der Waals surface area contributed by atoms with Crippen LogP contribution in [-0.4, -0.2) is 25.0 Å². The molecular weight excluding hydrogens is 226 g/mol. The molecule has 4 heteroatoms. The van der Waals surface area contributed by atoms with E-state index >= 15 is 0 Å². The summed E-state index contributed by atoms with van der Waals surface area (Å²) in [6, 6.07) is 7.97. The summed E-state index contributed by atoms with van der Waals surface area (Å²) in [4.78, 5) is 13.8. The van der Waals surface area contributed by atoms with E-state index in [4.69, 9.17) is 11.5 Å². The largest absolute Gasteiger partial charge is 0.368 e. The summed E-state index contributed by atoms with van der Waals surface area (Å²) in [5.74, 6) is 0.134. The Kier molecular flexibility index (Phi) is 3.87. The molecule has 0 saturated carbocycles. The van der Waals surface area contributed by atoms with Crippen LogP contribution in [0.3, 0.4) is 0 Å². The van der Waals surface area contributed by atoms with Gasteiger partial charge in [-0.05, 0) is 44.4 Å². The lowest BCUT2D eigenvalue weighted by atomic mass is 9.92. The number of nitrogens with two attached hydrogens (primary N) is 2. The molecule has 1 aromatic rings. The molecule has 1 amide bonds. The van der Waals surface area contributed by atoms with Crippen LogP contribution in [0.25, 0.3) is 0 Å². The third kappa shape index (κ3) is 2.48. The molecule has 0 aromatic heterocycles. The zero-order valence-electron chi connectivity index (χ0n) is 10.8. The van der Waals surface area contributed by atoms with Crippen molar-refractivity contribution < 1.29 is 4.79 Å². The number of hydrogen-bond acceptors (Lipinski definition) is 3. The summed E-state index contributed by atoms with van der Waals surface area (Å²) in [6.45, 7) is 3.79. The maximum atomic E-state index is 11.5. The average molecular weight is 247 g/mol. The average Bonchev–Trinajstić information content (AvgIpc) is 2.39. The number of benzene rings is 1. The van der Waals surface area contributed by atoms with E-state index in [1.807, 2.05) is 18.2 Å². The van der Waals surface area contributed by atoms with Crippen LogP contribution in [0.15, 0.2) is 24.3 Å². The number of piperidine rings is 1. The number of amides is 1. The number of para-hydroxylation sites is 1. The molecule has 0 radical (unpaired) electrons. The van der Waals surface area contributed by atoms with Gasteiger partial charge in [0.25, 0.3) is 5.91 Å². The third-order valence-corrected chi connectivity index (χ3v) is 3.79. The van der Waals surface area contributed by atoms with E-state index in [2.05, 4.69) is 11.8 Å². The second kappa shape index (κ2) is 5.40. The standard InChI is InChI=1S/C14H21N3O/c1-10-6-7-11(8-15)9-17(10)13-5-3-2-4-12(13)14(16)18/h2-5,10-11H,6-9,15H2,1H3,(H2,16,18). The molecule has 1 fully saturated rings. The summed E-state index contributed by atoms with van der Waals surface area (Å²) in [6.07, 6.45) is 2.27. The van der Waals surface area contributed by atoms with Crippen molar-refractivity contribution in [2.24, 2.45) is 17.4 Å². The monoisotopic (exact) mass is 247 g/mol. The van der Waals surface area contributed by atoms with Crippen LogP contribution in [0.2, 0.25) is 0 Å². The second-order valence-corrected chi connectivity index (χ2v) is 5.06. The second-order valence-electron chi connectivity index (χ2n) is 5.06. The first kappa shape index (κ1) is 12.9. The van der Waals surface area contributed by atoms with E-state index in [1.165, 1.54) is 0 Å². The summed E-state index contributed by atoms with van der Waals surface area (Å²) in [5.41, 5.74) is 12.8. The lowest BCUT2D eigenvalue weighted by Crippen LogP contribution is -2.44. The van der Waals surface area contributed by atoms with Gasteiger partial charge in [-0.2, -0.15) is 0 Å². The highest BCUT2D eigenvalue weighted by Gasteiger charge is 2.26. The quantitative estimate of drug-likeness (QED) is 0.847. The molecular formula is C14H21N3O. The molecule has 4 nitrogen and oxygen atoms in total. The molecule has 98 valence electrons. The third-order valence-electron chi connectivity index (χ3n) is 3.79. The minimum absolute atomic E-state index is 0.368. The number of primary amides is 1. The van der Waals surface area contributed by atoms with Gasteiger partial charge in [0.1, 0.15) is 0 Å². The van der Waals surface area contributed by atoms with Crippen molar-refractivity contribution in [3.8, 4) is 0 Å². The van der Waals surface area contributed by atoms with Gasteiger partial charge in [-0.15, -0.1) is 0 Å². The molecule has 1 heterocycles. The van der Waals surface area contributed by atoms with Crippen molar-refractivity contribution in [1.82, 2.24) is 0 Å². The van der Waals surface area contributed by atoms with Crippen LogP contribution in [0, 0.1) is 5.92 Å². The van der Waals surface area contributed by atoms with Gasteiger partial charge in [0.15, 0.2) is 0 Å².